The standard InChI is InChI=1S/C43H48N2O7/c1-3-5-6-7-8-9-10-11-21-44-40(46)32-17-13-28-30-15-19-34-39-35(20-16-31(37(30)39)29-14-18-33(41(44)47)38(32)36(28)29)43(49)45(42(34)48)22-12-23-51-26-27-52-25-24-50-4-2/h13-20H,3-12,21-27H2,1-2H3. The summed E-state index contributed by atoms with van der Waals surface area (Å²) in [7, 11) is 0. The Hall–Kier alpha value is -4.44. The SMILES string of the molecule is CCCCCCCCCCN1C(=O)c2ccc3c4ccc5c6c(ccc(c7ccc(c2c37)C1=O)c64)C(=O)N(CCCOCCOCCOCC)C5=O. The maximum atomic E-state index is 13.8. The molecule has 4 amide bonds. The number of hydrogen-bond donors (Lipinski definition) is 0. The van der Waals surface area contributed by atoms with Crippen LogP contribution in [0.4, 0.5) is 0 Å². The highest BCUT2D eigenvalue weighted by molar-refractivity contribution is 6.41. The lowest BCUT2D eigenvalue weighted by molar-refractivity contribution is 0.0153. The van der Waals surface area contributed by atoms with Crippen molar-refractivity contribution in [3.8, 4) is 0 Å². The molecule has 0 saturated heterocycles. The monoisotopic (exact) mass is 704 g/mol. The summed E-state index contributed by atoms with van der Waals surface area (Å²) in [6, 6.07) is 15.1. The molecule has 5 aromatic rings. The number of hydrogen-bond acceptors (Lipinski definition) is 7. The number of carbonyl (C=O) groups excluding carboxylic acids is 4. The van der Waals surface area contributed by atoms with Crippen molar-refractivity contribution in [1.82, 2.24) is 9.80 Å². The van der Waals surface area contributed by atoms with Crippen molar-refractivity contribution in [1.29, 1.82) is 0 Å². The summed E-state index contributed by atoms with van der Waals surface area (Å²) in [4.78, 5) is 58.1. The van der Waals surface area contributed by atoms with E-state index < -0.39 is 0 Å². The molecule has 5 aromatic carbocycles. The number of carbonyl (C=O) groups is 4. The minimum Gasteiger partial charge on any atom is -0.379 e. The Morgan fingerprint density at radius 2 is 0.769 bits per heavy atom. The number of nitrogens with zero attached hydrogens (tertiary/aromatic N) is 2. The van der Waals surface area contributed by atoms with Gasteiger partial charge in [-0.3, -0.25) is 29.0 Å². The van der Waals surface area contributed by atoms with Crippen molar-refractivity contribution in [3.63, 3.8) is 0 Å². The number of benzene rings is 5. The summed E-state index contributed by atoms with van der Waals surface area (Å²) in [5, 5.41) is 6.63. The fourth-order valence-electron chi connectivity index (χ4n) is 8.09. The van der Waals surface area contributed by atoms with Gasteiger partial charge >= 0.3 is 0 Å². The normalized spacial score (nSPS) is 14.4. The molecule has 9 heteroatoms. The second-order valence-corrected chi connectivity index (χ2v) is 13.9. The zero-order valence-electron chi connectivity index (χ0n) is 30.4. The molecule has 0 spiro atoms. The van der Waals surface area contributed by atoms with Crippen molar-refractivity contribution >= 4 is 66.7 Å². The van der Waals surface area contributed by atoms with E-state index in [-0.39, 0.29) is 30.2 Å². The topological polar surface area (TPSA) is 102 Å². The minimum absolute atomic E-state index is 0.243. The lowest BCUT2D eigenvalue weighted by Crippen LogP contribution is -2.41. The van der Waals surface area contributed by atoms with E-state index in [0.717, 1.165) is 51.6 Å². The van der Waals surface area contributed by atoms with Gasteiger partial charge in [0.15, 0.2) is 0 Å². The predicted molar refractivity (Wildman–Crippen MR) is 204 cm³/mol. The van der Waals surface area contributed by atoms with Crippen LogP contribution in [0.2, 0.25) is 0 Å². The van der Waals surface area contributed by atoms with Gasteiger partial charge in [0.1, 0.15) is 0 Å². The van der Waals surface area contributed by atoms with E-state index in [1.54, 1.807) is 0 Å². The van der Waals surface area contributed by atoms with Crippen LogP contribution in [-0.2, 0) is 14.2 Å². The molecule has 7 rings (SSSR count). The van der Waals surface area contributed by atoms with E-state index in [1.807, 2.05) is 55.5 Å². The van der Waals surface area contributed by atoms with Crippen LogP contribution in [0.15, 0.2) is 48.5 Å². The maximum Gasteiger partial charge on any atom is 0.261 e. The van der Waals surface area contributed by atoms with Gasteiger partial charge in [-0.05, 0) is 76.3 Å². The molecule has 0 fully saturated rings. The molecule has 0 radical (unpaired) electrons. The summed E-state index contributed by atoms with van der Waals surface area (Å²) in [5.41, 5.74) is 2.08. The first-order chi connectivity index (χ1) is 25.5. The van der Waals surface area contributed by atoms with E-state index in [4.69, 9.17) is 14.2 Å². The summed E-state index contributed by atoms with van der Waals surface area (Å²) in [6.07, 6.45) is 9.63. The van der Waals surface area contributed by atoms with E-state index >= 15 is 0 Å². The third-order valence-corrected chi connectivity index (χ3v) is 10.7. The van der Waals surface area contributed by atoms with Gasteiger partial charge in [0.25, 0.3) is 23.6 Å². The van der Waals surface area contributed by atoms with Crippen molar-refractivity contribution < 1.29 is 33.4 Å². The smallest absolute Gasteiger partial charge is 0.261 e. The average molecular weight is 705 g/mol. The average Bonchev–Trinajstić information content (AvgIpc) is 3.16. The number of fused-ring (bicyclic) bond motifs is 2. The van der Waals surface area contributed by atoms with Crippen LogP contribution in [0.5, 0.6) is 0 Å². The van der Waals surface area contributed by atoms with Crippen LogP contribution in [0, 0.1) is 0 Å². The quantitative estimate of drug-likeness (QED) is 0.0346. The van der Waals surface area contributed by atoms with Gasteiger partial charge in [-0.1, -0.05) is 76.1 Å². The van der Waals surface area contributed by atoms with Gasteiger partial charge < -0.3 is 14.2 Å². The van der Waals surface area contributed by atoms with Gasteiger partial charge in [0.2, 0.25) is 0 Å². The molecule has 0 atom stereocenters. The van der Waals surface area contributed by atoms with Crippen molar-refractivity contribution in [2.24, 2.45) is 0 Å². The zero-order valence-corrected chi connectivity index (χ0v) is 30.4. The summed E-state index contributed by atoms with van der Waals surface area (Å²) >= 11 is 0. The Balaban J connectivity index is 1.12. The fraction of sp³-hybridized carbons (Fsp3) is 0.442. The Kier molecular flexibility index (Phi) is 11.1. The molecule has 9 nitrogen and oxygen atoms in total. The molecule has 0 saturated carbocycles. The van der Waals surface area contributed by atoms with Crippen molar-refractivity contribution in [2.75, 3.05) is 52.7 Å². The number of unbranched alkanes of at least 4 members (excludes halogenated alkanes) is 7. The maximum absolute atomic E-state index is 13.8. The van der Waals surface area contributed by atoms with Crippen molar-refractivity contribution in [2.45, 2.75) is 71.6 Å². The highest BCUT2D eigenvalue weighted by atomic mass is 16.5. The second-order valence-electron chi connectivity index (χ2n) is 13.9. The minimum atomic E-state index is -0.315. The van der Waals surface area contributed by atoms with Crippen LogP contribution in [0.1, 0.15) is 113 Å². The molecule has 272 valence electrons. The van der Waals surface area contributed by atoms with E-state index in [0.29, 0.717) is 85.6 Å². The van der Waals surface area contributed by atoms with Crippen LogP contribution >= 0.6 is 0 Å². The summed E-state index contributed by atoms with van der Waals surface area (Å²) in [6.45, 7) is 7.84. The second kappa shape index (κ2) is 16.1. The number of ether oxygens (including phenoxy) is 3. The number of rotatable bonds is 20. The van der Waals surface area contributed by atoms with Gasteiger partial charge in [0, 0.05) is 59.3 Å². The Morgan fingerprint density at radius 3 is 1.19 bits per heavy atom. The first-order valence-corrected chi connectivity index (χ1v) is 19.1. The van der Waals surface area contributed by atoms with Gasteiger partial charge in [-0.15, -0.1) is 0 Å². The Labute approximate surface area is 304 Å². The lowest BCUT2D eigenvalue weighted by atomic mass is 9.82. The summed E-state index contributed by atoms with van der Waals surface area (Å²) in [5.74, 6) is -1.12. The van der Waals surface area contributed by atoms with Crippen LogP contribution in [0.25, 0.3) is 43.1 Å². The molecule has 0 bridgehead atoms. The third kappa shape index (κ3) is 6.55. The molecule has 0 aliphatic carbocycles. The molecule has 0 aromatic heterocycles. The first-order valence-electron chi connectivity index (χ1n) is 19.1. The molecule has 0 N–H and O–H groups in total. The highest BCUT2D eigenvalue weighted by Crippen LogP contribution is 2.46. The van der Waals surface area contributed by atoms with Gasteiger partial charge in [-0.2, -0.15) is 0 Å². The molecular formula is C43H48N2O7. The van der Waals surface area contributed by atoms with E-state index in [2.05, 4.69) is 6.92 Å². The molecule has 2 heterocycles. The molecule has 2 aliphatic rings. The highest BCUT2D eigenvalue weighted by Gasteiger charge is 2.36. The molecule has 0 unspecified atom stereocenters. The number of imide groups is 2. The first kappa shape index (κ1) is 35.9. The third-order valence-electron chi connectivity index (χ3n) is 10.7. The van der Waals surface area contributed by atoms with Gasteiger partial charge in [-0.25, -0.2) is 0 Å². The predicted octanol–water partition coefficient (Wildman–Crippen LogP) is 8.53. The lowest BCUT2D eigenvalue weighted by Gasteiger charge is -2.30. The molecule has 52 heavy (non-hydrogen) atoms. The van der Waals surface area contributed by atoms with Crippen LogP contribution in [0.3, 0.4) is 0 Å². The van der Waals surface area contributed by atoms with Crippen LogP contribution < -0.4 is 0 Å². The Bertz CT molecular complexity index is 2020. The largest absolute Gasteiger partial charge is 0.379 e. The van der Waals surface area contributed by atoms with Crippen molar-refractivity contribution in [3.05, 3.63) is 70.8 Å². The fourth-order valence-corrected chi connectivity index (χ4v) is 8.09. The Morgan fingerprint density at radius 1 is 0.404 bits per heavy atom. The van der Waals surface area contributed by atoms with E-state index in [9.17, 15) is 19.2 Å². The summed E-state index contributed by atoms with van der Waals surface area (Å²) < 4.78 is 16.4. The number of amides is 4. The van der Waals surface area contributed by atoms with Crippen LogP contribution in [-0.4, -0.2) is 86.2 Å². The van der Waals surface area contributed by atoms with Gasteiger partial charge in [0.05, 0.1) is 26.4 Å². The zero-order chi connectivity index (χ0) is 36.2. The molecular weight excluding hydrogens is 656 g/mol. The van der Waals surface area contributed by atoms with E-state index in [1.165, 1.54) is 41.9 Å². The molecule has 2 aliphatic heterocycles.